The summed E-state index contributed by atoms with van der Waals surface area (Å²) in [5.74, 6) is 0.0940. The smallest absolute Gasteiger partial charge is 0.220 e. The summed E-state index contributed by atoms with van der Waals surface area (Å²) in [6, 6.07) is 0. The molecule has 0 radical (unpaired) electrons. The van der Waals surface area contributed by atoms with E-state index in [1.807, 2.05) is 0 Å². The van der Waals surface area contributed by atoms with Gasteiger partial charge < -0.3 is 5.32 Å². The molecule has 4 heteroatoms. The molecule has 12 heavy (non-hydrogen) atoms. The van der Waals surface area contributed by atoms with Crippen LogP contribution in [0.25, 0.3) is 0 Å². The van der Waals surface area contributed by atoms with Crippen molar-refractivity contribution >= 4 is 37.8 Å². The lowest BCUT2D eigenvalue weighted by Crippen LogP contribution is -2.23. The van der Waals surface area contributed by atoms with E-state index in [0.717, 1.165) is 22.7 Å². The second kappa shape index (κ2) is 7.80. The summed E-state index contributed by atoms with van der Waals surface area (Å²) in [7, 11) is 0. The molecule has 0 aromatic carbocycles. The molecular weight excluding hydrogens is 286 g/mol. The summed E-state index contributed by atoms with van der Waals surface area (Å²) < 4.78 is 0.802. The first-order valence-electron chi connectivity index (χ1n) is 3.82. The highest BCUT2D eigenvalue weighted by Gasteiger charge is 1.99. The highest BCUT2D eigenvalue weighted by Crippen LogP contribution is 2.00. The number of alkyl halides is 1. The molecule has 0 saturated heterocycles. The lowest BCUT2D eigenvalue weighted by molar-refractivity contribution is -0.120. The van der Waals surface area contributed by atoms with Gasteiger partial charge in [-0.2, -0.15) is 0 Å². The first-order valence-corrected chi connectivity index (χ1v) is 5.74. The fraction of sp³-hybridized carbons (Fsp3) is 0.625. The molecule has 0 fully saturated rings. The number of carbonyl (C=O) groups is 1. The van der Waals surface area contributed by atoms with Crippen molar-refractivity contribution < 1.29 is 4.79 Å². The number of unbranched alkanes of at least 4 members (excludes halogenated alkanes) is 1. The van der Waals surface area contributed by atoms with Crippen LogP contribution in [0.5, 0.6) is 0 Å². The first kappa shape index (κ1) is 12.2. The van der Waals surface area contributed by atoms with Crippen molar-refractivity contribution in [2.75, 3.05) is 11.9 Å². The van der Waals surface area contributed by atoms with Crippen molar-refractivity contribution in [2.45, 2.75) is 19.3 Å². The van der Waals surface area contributed by atoms with Gasteiger partial charge in [0.15, 0.2) is 0 Å². The molecule has 0 bridgehead atoms. The number of amides is 1. The topological polar surface area (TPSA) is 29.1 Å². The van der Waals surface area contributed by atoms with Gasteiger partial charge in [0.1, 0.15) is 0 Å². The molecule has 0 aliphatic carbocycles. The fourth-order valence-corrected chi connectivity index (χ4v) is 1.20. The van der Waals surface area contributed by atoms with Crippen LogP contribution in [0.2, 0.25) is 0 Å². The maximum atomic E-state index is 11.0. The zero-order chi connectivity index (χ0) is 9.40. The van der Waals surface area contributed by atoms with Crippen LogP contribution in [0.15, 0.2) is 11.1 Å². The van der Waals surface area contributed by atoms with Gasteiger partial charge in [-0.05, 0) is 12.8 Å². The van der Waals surface area contributed by atoms with Crippen LogP contribution in [-0.2, 0) is 4.79 Å². The molecule has 0 aromatic rings. The lowest BCUT2D eigenvalue weighted by atomic mass is 10.2. The number of rotatable bonds is 6. The predicted octanol–water partition coefficient (Wildman–Crippen LogP) is 2.58. The lowest BCUT2D eigenvalue weighted by Gasteiger charge is -2.02. The highest BCUT2D eigenvalue weighted by atomic mass is 79.9. The third-order valence-corrected chi connectivity index (χ3v) is 2.11. The Bertz CT molecular complexity index is 159. The standard InChI is InChI=1S/C8H13Br2NO/c1-7(10)6-11-8(12)4-2-3-5-9/h1-6H2,(H,11,12). The van der Waals surface area contributed by atoms with E-state index in [0.29, 0.717) is 13.0 Å². The van der Waals surface area contributed by atoms with E-state index in [9.17, 15) is 4.79 Å². The van der Waals surface area contributed by atoms with Crippen molar-refractivity contribution in [3.05, 3.63) is 11.1 Å². The van der Waals surface area contributed by atoms with Crippen molar-refractivity contribution in [3.63, 3.8) is 0 Å². The van der Waals surface area contributed by atoms with E-state index in [2.05, 4.69) is 43.8 Å². The van der Waals surface area contributed by atoms with E-state index >= 15 is 0 Å². The van der Waals surface area contributed by atoms with Crippen LogP contribution < -0.4 is 5.32 Å². The molecule has 1 amide bonds. The molecular formula is C8H13Br2NO. The maximum absolute atomic E-state index is 11.0. The summed E-state index contributed by atoms with van der Waals surface area (Å²) in [6.45, 7) is 4.14. The molecule has 2 nitrogen and oxygen atoms in total. The van der Waals surface area contributed by atoms with Gasteiger partial charge in [-0.15, -0.1) is 0 Å². The molecule has 0 rings (SSSR count). The van der Waals surface area contributed by atoms with Gasteiger partial charge in [0.2, 0.25) is 5.91 Å². The van der Waals surface area contributed by atoms with Crippen LogP contribution in [-0.4, -0.2) is 17.8 Å². The molecule has 0 atom stereocenters. The van der Waals surface area contributed by atoms with Crippen LogP contribution in [0, 0.1) is 0 Å². The van der Waals surface area contributed by atoms with Crippen LogP contribution in [0.4, 0.5) is 0 Å². The summed E-state index contributed by atoms with van der Waals surface area (Å²) in [6.07, 6.45) is 2.58. The third kappa shape index (κ3) is 8.27. The molecule has 0 aliphatic rings. The second-order valence-electron chi connectivity index (χ2n) is 2.44. The highest BCUT2D eigenvalue weighted by molar-refractivity contribution is 9.11. The van der Waals surface area contributed by atoms with Gasteiger partial charge >= 0.3 is 0 Å². The monoisotopic (exact) mass is 297 g/mol. The van der Waals surface area contributed by atoms with Gasteiger partial charge in [0.05, 0.1) is 0 Å². The minimum absolute atomic E-state index is 0.0940. The summed E-state index contributed by atoms with van der Waals surface area (Å²) >= 11 is 6.48. The molecule has 0 saturated carbocycles. The Kier molecular flexibility index (Phi) is 7.91. The Morgan fingerprint density at radius 1 is 1.42 bits per heavy atom. The van der Waals surface area contributed by atoms with Gasteiger partial charge in [-0.1, -0.05) is 38.4 Å². The van der Waals surface area contributed by atoms with Gasteiger partial charge in [0.25, 0.3) is 0 Å². The van der Waals surface area contributed by atoms with Crippen molar-refractivity contribution in [1.29, 1.82) is 0 Å². The Morgan fingerprint density at radius 2 is 2.08 bits per heavy atom. The first-order chi connectivity index (χ1) is 5.66. The number of nitrogens with one attached hydrogen (secondary N) is 1. The van der Waals surface area contributed by atoms with E-state index < -0.39 is 0 Å². The van der Waals surface area contributed by atoms with E-state index in [1.54, 1.807) is 0 Å². The quantitative estimate of drug-likeness (QED) is 0.593. The molecule has 0 aliphatic heterocycles. The van der Waals surface area contributed by atoms with E-state index in [1.165, 1.54) is 0 Å². The maximum Gasteiger partial charge on any atom is 0.220 e. The summed E-state index contributed by atoms with van der Waals surface area (Å²) in [5, 5.41) is 3.70. The largest absolute Gasteiger partial charge is 0.352 e. The predicted molar refractivity (Wildman–Crippen MR) is 58.7 cm³/mol. The summed E-state index contributed by atoms with van der Waals surface area (Å²) in [5.41, 5.74) is 0. The second-order valence-corrected chi connectivity index (χ2v) is 4.35. The molecule has 70 valence electrons. The fourth-order valence-electron chi connectivity index (χ4n) is 0.663. The molecule has 1 N–H and O–H groups in total. The molecule has 0 heterocycles. The van der Waals surface area contributed by atoms with E-state index in [4.69, 9.17) is 0 Å². The number of halogens is 2. The minimum atomic E-state index is 0.0940. The average molecular weight is 299 g/mol. The SMILES string of the molecule is C=C(Br)CNC(=O)CCCCBr. The van der Waals surface area contributed by atoms with Gasteiger partial charge in [-0.25, -0.2) is 0 Å². The zero-order valence-corrected chi connectivity index (χ0v) is 10.1. The van der Waals surface area contributed by atoms with Crippen molar-refractivity contribution in [2.24, 2.45) is 0 Å². The average Bonchev–Trinajstić information content (AvgIpc) is 2.01. The minimum Gasteiger partial charge on any atom is -0.352 e. The van der Waals surface area contributed by atoms with Crippen LogP contribution >= 0.6 is 31.9 Å². The van der Waals surface area contributed by atoms with Gasteiger partial charge in [-0.3, -0.25) is 4.79 Å². The number of carbonyl (C=O) groups excluding carboxylic acids is 1. The van der Waals surface area contributed by atoms with E-state index in [-0.39, 0.29) is 5.91 Å². The molecule has 0 unspecified atom stereocenters. The van der Waals surface area contributed by atoms with Crippen LogP contribution in [0.3, 0.4) is 0 Å². The number of hydrogen-bond acceptors (Lipinski definition) is 1. The Hall–Kier alpha value is 0.170. The van der Waals surface area contributed by atoms with Crippen molar-refractivity contribution in [3.8, 4) is 0 Å². The summed E-state index contributed by atoms with van der Waals surface area (Å²) in [4.78, 5) is 11.0. The normalized spacial score (nSPS) is 9.50. The number of hydrogen-bond donors (Lipinski definition) is 1. The van der Waals surface area contributed by atoms with Crippen LogP contribution in [0.1, 0.15) is 19.3 Å². The molecule has 0 aromatic heterocycles. The Morgan fingerprint density at radius 3 is 2.58 bits per heavy atom. The third-order valence-electron chi connectivity index (χ3n) is 1.26. The Balaban J connectivity index is 3.28. The van der Waals surface area contributed by atoms with Gasteiger partial charge in [0, 0.05) is 22.8 Å². The zero-order valence-electron chi connectivity index (χ0n) is 6.91. The molecule has 0 spiro atoms. The Labute approximate surface area is 90.1 Å². The van der Waals surface area contributed by atoms with Crippen molar-refractivity contribution in [1.82, 2.24) is 5.32 Å².